The molecule has 1 rings (SSSR count). The third kappa shape index (κ3) is 3.34. The highest BCUT2D eigenvalue weighted by Crippen LogP contribution is 2.25. The van der Waals surface area contributed by atoms with E-state index >= 15 is 0 Å². The molecule has 0 fully saturated rings. The van der Waals surface area contributed by atoms with Crippen molar-refractivity contribution in [2.75, 3.05) is 6.54 Å². The quantitative estimate of drug-likeness (QED) is 0.758. The summed E-state index contributed by atoms with van der Waals surface area (Å²) in [6, 6.07) is 7.12. The lowest BCUT2D eigenvalue weighted by atomic mass is 9.93. The minimum absolute atomic E-state index is 0.533. The molecular formula is C15H25N. The Bertz CT molecular complexity index is 297. The van der Waals surface area contributed by atoms with Gasteiger partial charge in [0.15, 0.2) is 0 Å². The van der Waals surface area contributed by atoms with Crippen LogP contribution in [-0.2, 0) is 0 Å². The number of hydrogen-bond acceptors (Lipinski definition) is 1. The van der Waals surface area contributed by atoms with Crippen LogP contribution in [0.3, 0.4) is 0 Å². The van der Waals surface area contributed by atoms with Crippen molar-refractivity contribution in [2.24, 2.45) is 0 Å². The Morgan fingerprint density at radius 1 is 1.12 bits per heavy atom. The molecule has 0 amide bonds. The smallest absolute Gasteiger partial charge is 0.0325 e. The first kappa shape index (κ1) is 13.2. The molecule has 0 bridgehead atoms. The lowest BCUT2D eigenvalue weighted by Crippen LogP contribution is -2.22. The van der Waals surface area contributed by atoms with E-state index in [2.05, 4.69) is 51.2 Å². The first-order chi connectivity index (χ1) is 7.70. The van der Waals surface area contributed by atoms with Crippen LogP contribution in [0.1, 0.15) is 55.8 Å². The van der Waals surface area contributed by atoms with Crippen LogP contribution in [-0.4, -0.2) is 6.54 Å². The Morgan fingerprint density at radius 3 is 2.25 bits per heavy atom. The molecule has 16 heavy (non-hydrogen) atoms. The van der Waals surface area contributed by atoms with Crippen LogP contribution in [0.25, 0.3) is 0 Å². The van der Waals surface area contributed by atoms with Gasteiger partial charge in [-0.25, -0.2) is 0 Å². The average Bonchev–Trinajstić information content (AvgIpc) is 2.25. The Balaban J connectivity index is 2.90. The van der Waals surface area contributed by atoms with Gasteiger partial charge in [-0.3, -0.25) is 0 Å². The van der Waals surface area contributed by atoms with Gasteiger partial charge in [-0.1, -0.05) is 44.9 Å². The predicted octanol–water partition coefficient (Wildman–Crippen LogP) is 4.14. The van der Waals surface area contributed by atoms with Crippen molar-refractivity contribution in [1.29, 1.82) is 0 Å². The van der Waals surface area contributed by atoms with E-state index in [1.807, 2.05) is 0 Å². The van der Waals surface area contributed by atoms with Gasteiger partial charge in [0, 0.05) is 6.04 Å². The number of unbranched alkanes of at least 4 members (excludes halogenated alkanes) is 1. The molecular weight excluding hydrogens is 194 g/mol. The van der Waals surface area contributed by atoms with Crippen molar-refractivity contribution in [2.45, 2.75) is 53.0 Å². The van der Waals surface area contributed by atoms with Gasteiger partial charge in [-0.2, -0.15) is 0 Å². The Morgan fingerprint density at radius 2 is 1.75 bits per heavy atom. The molecule has 0 radical (unpaired) electrons. The Hall–Kier alpha value is -0.820. The number of aryl methyl sites for hydroxylation is 2. The van der Waals surface area contributed by atoms with Gasteiger partial charge in [0.1, 0.15) is 0 Å². The Kier molecular flexibility index (Phi) is 5.54. The summed E-state index contributed by atoms with van der Waals surface area (Å²) in [4.78, 5) is 0. The van der Waals surface area contributed by atoms with Crippen molar-refractivity contribution >= 4 is 0 Å². The maximum Gasteiger partial charge on any atom is 0.0325 e. The predicted molar refractivity (Wildman–Crippen MR) is 71.9 cm³/mol. The molecule has 0 aliphatic rings. The number of benzene rings is 1. The zero-order valence-electron chi connectivity index (χ0n) is 11.1. The molecule has 0 aromatic heterocycles. The standard InChI is InChI=1S/C15H25N/c1-5-7-11-14(16-6-2)15-12(3)9-8-10-13(15)4/h8-10,14,16H,5-7,11H2,1-4H3. The average molecular weight is 219 g/mol. The van der Waals surface area contributed by atoms with Crippen LogP contribution < -0.4 is 5.32 Å². The maximum absolute atomic E-state index is 3.62. The molecule has 1 N–H and O–H groups in total. The van der Waals surface area contributed by atoms with E-state index in [1.54, 1.807) is 0 Å². The van der Waals surface area contributed by atoms with E-state index in [1.165, 1.54) is 36.0 Å². The zero-order valence-corrected chi connectivity index (χ0v) is 11.1. The minimum Gasteiger partial charge on any atom is -0.310 e. The maximum atomic E-state index is 3.62. The number of nitrogens with one attached hydrogen (secondary N) is 1. The van der Waals surface area contributed by atoms with Crippen molar-refractivity contribution in [3.63, 3.8) is 0 Å². The molecule has 1 aromatic carbocycles. The van der Waals surface area contributed by atoms with E-state index < -0.39 is 0 Å². The summed E-state index contributed by atoms with van der Waals surface area (Å²) in [6.45, 7) is 9.93. The molecule has 1 heteroatoms. The zero-order chi connectivity index (χ0) is 12.0. The van der Waals surface area contributed by atoms with Crippen LogP contribution in [0.5, 0.6) is 0 Å². The Labute approximate surface area is 100 Å². The monoisotopic (exact) mass is 219 g/mol. The van der Waals surface area contributed by atoms with E-state index in [0.29, 0.717) is 6.04 Å². The fraction of sp³-hybridized carbons (Fsp3) is 0.600. The van der Waals surface area contributed by atoms with Gasteiger partial charge in [-0.15, -0.1) is 0 Å². The summed E-state index contributed by atoms with van der Waals surface area (Å²) in [5, 5.41) is 3.62. The van der Waals surface area contributed by atoms with E-state index in [0.717, 1.165) is 6.54 Å². The SMILES string of the molecule is CCCCC(NCC)c1c(C)cccc1C. The molecule has 1 nitrogen and oxygen atoms in total. The molecule has 0 heterocycles. The second kappa shape index (κ2) is 6.70. The third-order valence-corrected chi connectivity index (χ3v) is 3.19. The fourth-order valence-corrected chi connectivity index (χ4v) is 2.38. The van der Waals surface area contributed by atoms with Crippen LogP contribution >= 0.6 is 0 Å². The van der Waals surface area contributed by atoms with Gasteiger partial charge < -0.3 is 5.32 Å². The van der Waals surface area contributed by atoms with Crippen LogP contribution in [0.15, 0.2) is 18.2 Å². The van der Waals surface area contributed by atoms with E-state index in [-0.39, 0.29) is 0 Å². The molecule has 0 saturated heterocycles. The summed E-state index contributed by atoms with van der Waals surface area (Å²) < 4.78 is 0. The molecule has 0 saturated carbocycles. The molecule has 0 aliphatic heterocycles. The second-order valence-electron chi connectivity index (χ2n) is 4.56. The normalized spacial score (nSPS) is 12.8. The van der Waals surface area contributed by atoms with Gasteiger partial charge in [0.05, 0.1) is 0 Å². The van der Waals surface area contributed by atoms with Gasteiger partial charge in [0.2, 0.25) is 0 Å². The molecule has 1 atom stereocenters. The van der Waals surface area contributed by atoms with Crippen LogP contribution in [0.2, 0.25) is 0 Å². The first-order valence-corrected chi connectivity index (χ1v) is 6.50. The van der Waals surface area contributed by atoms with Crippen molar-refractivity contribution < 1.29 is 0 Å². The topological polar surface area (TPSA) is 12.0 Å². The molecule has 90 valence electrons. The van der Waals surface area contributed by atoms with Crippen LogP contribution in [0.4, 0.5) is 0 Å². The van der Waals surface area contributed by atoms with E-state index in [9.17, 15) is 0 Å². The van der Waals surface area contributed by atoms with Gasteiger partial charge in [0.25, 0.3) is 0 Å². The highest BCUT2D eigenvalue weighted by molar-refractivity contribution is 5.36. The number of rotatable bonds is 6. The largest absolute Gasteiger partial charge is 0.310 e. The first-order valence-electron chi connectivity index (χ1n) is 6.50. The molecule has 0 spiro atoms. The highest BCUT2D eigenvalue weighted by Gasteiger charge is 2.13. The van der Waals surface area contributed by atoms with Gasteiger partial charge >= 0.3 is 0 Å². The highest BCUT2D eigenvalue weighted by atomic mass is 14.9. The second-order valence-corrected chi connectivity index (χ2v) is 4.56. The summed E-state index contributed by atoms with van der Waals surface area (Å²) >= 11 is 0. The summed E-state index contributed by atoms with van der Waals surface area (Å²) in [7, 11) is 0. The summed E-state index contributed by atoms with van der Waals surface area (Å²) in [5.41, 5.74) is 4.35. The van der Waals surface area contributed by atoms with Crippen LogP contribution in [0, 0.1) is 13.8 Å². The van der Waals surface area contributed by atoms with Crippen molar-refractivity contribution in [3.05, 3.63) is 34.9 Å². The third-order valence-electron chi connectivity index (χ3n) is 3.19. The number of hydrogen-bond donors (Lipinski definition) is 1. The van der Waals surface area contributed by atoms with Crippen molar-refractivity contribution in [1.82, 2.24) is 5.32 Å². The van der Waals surface area contributed by atoms with Gasteiger partial charge in [-0.05, 0) is 43.5 Å². The summed E-state index contributed by atoms with van der Waals surface area (Å²) in [5.74, 6) is 0. The molecule has 0 aliphatic carbocycles. The summed E-state index contributed by atoms with van der Waals surface area (Å²) in [6.07, 6.45) is 3.81. The van der Waals surface area contributed by atoms with Crippen molar-refractivity contribution in [3.8, 4) is 0 Å². The van der Waals surface area contributed by atoms with E-state index in [4.69, 9.17) is 0 Å². The molecule has 1 aromatic rings. The minimum atomic E-state index is 0.533. The fourth-order valence-electron chi connectivity index (χ4n) is 2.38. The molecule has 1 unspecified atom stereocenters. The lowest BCUT2D eigenvalue weighted by molar-refractivity contribution is 0.491. The lowest BCUT2D eigenvalue weighted by Gasteiger charge is -2.22.